The smallest absolute Gasteiger partial charge is 0.326 e. The summed E-state index contributed by atoms with van der Waals surface area (Å²) in [6, 6.07) is 2.23. The van der Waals surface area contributed by atoms with Crippen molar-refractivity contribution < 1.29 is 29.6 Å². The van der Waals surface area contributed by atoms with Gasteiger partial charge in [0.1, 0.15) is 17.8 Å². The minimum atomic E-state index is -1.19. The number of nitrogens with one attached hydrogen (secondary N) is 2. The van der Waals surface area contributed by atoms with Crippen molar-refractivity contribution in [3.8, 4) is 11.5 Å². The minimum Gasteiger partial charge on any atom is -0.504 e. The molecule has 23 heavy (non-hydrogen) atoms. The Labute approximate surface area is 133 Å². The Balaban J connectivity index is 2.03. The van der Waals surface area contributed by atoms with Gasteiger partial charge < -0.3 is 25.4 Å². The van der Waals surface area contributed by atoms with E-state index in [2.05, 4.69) is 10.6 Å². The first kappa shape index (κ1) is 17.0. The SMILES string of the molecule is CC1(C)N[C@H](C(=O)N[C@@H](Cc2ccc(O)c(O)c2)C(=O)O)CO1. The average Bonchev–Trinajstić information content (AvgIpc) is 2.82. The fraction of sp³-hybridized carbons (Fsp3) is 0.467. The zero-order valence-corrected chi connectivity index (χ0v) is 12.9. The lowest BCUT2D eigenvalue weighted by atomic mass is 10.0. The number of phenols is 2. The molecule has 0 radical (unpaired) electrons. The van der Waals surface area contributed by atoms with Gasteiger partial charge in [0.25, 0.3) is 0 Å². The van der Waals surface area contributed by atoms with Crippen LogP contribution in [0.4, 0.5) is 0 Å². The number of hydrogen-bond acceptors (Lipinski definition) is 6. The fourth-order valence-electron chi connectivity index (χ4n) is 2.34. The maximum absolute atomic E-state index is 12.2. The van der Waals surface area contributed by atoms with Gasteiger partial charge in [0, 0.05) is 6.42 Å². The van der Waals surface area contributed by atoms with Crippen LogP contribution in [-0.4, -0.2) is 51.6 Å². The van der Waals surface area contributed by atoms with E-state index in [1.807, 2.05) is 0 Å². The monoisotopic (exact) mass is 324 g/mol. The first-order valence-corrected chi connectivity index (χ1v) is 7.13. The van der Waals surface area contributed by atoms with Crippen LogP contribution in [0.1, 0.15) is 19.4 Å². The van der Waals surface area contributed by atoms with E-state index in [-0.39, 0.29) is 24.5 Å². The normalized spacial score (nSPS) is 20.9. The minimum absolute atomic E-state index is 0.0219. The number of carbonyl (C=O) groups excluding carboxylic acids is 1. The van der Waals surface area contributed by atoms with Crippen molar-refractivity contribution in [1.82, 2.24) is 10.6 Å². The largest absolute Gasteiger partial charge is 0.504 e. The number of amides is 1. The molecule has 0 unspecified atom stereocenters. The lowest BCUT2D eigenvalue weighted by Crippen LogP contribution is -2.52. The molecule has 1 aliphatic heterocycles. The van der Waals surface area contributed by atoms with Gasteiger partial charge in [-0.1, -0.05) is 6.07 Å². The van der Waals surface area contributed by atoms with E-state index in [0.29, 0.717) is 5.56 Å². The summed E-state index contributed by atoms with van der Waals surface area (Å²) in [6.07, 6.45) is -0.0219. The molecule has 0 spiro atoms. The van der Waals surface area contributed by atoms with Crippen molar-refractivity contribution in [1.29, 1.82) is 0 Å². The van der Waals surface area contributed by atoms with Gasteiger partial charge in [-0.3, -0.25) is 10.1 Å². The van der Waals surface area contributed by atoms with Gasteiger partial charge >= 0.3 is 5.97 Å². The van der Waals surface area contributed by atoms with Crippen LogP contribution in [-0.2, 0) is 20.7 Å². The molecule has 5 N–H and O–H groups in total. The highest BCUT2D eigenvalue weighted by molar-refractivity contribution is 5.87. The number of carboxylic acid groups (broad SMARTS) is 1. The zero-order valence-electron chi connectivity index (χ0n) is 12.9. The Morgan fingerprint density at radius 3 is 2.61 bits per heavy atom. The zero-order chi connectivity index (χ0) is 17.2. The molecule has 0 aromatic heterocycles. The first-order valence-electron chi connectivity index (χ1n) is 7.13. The van der Waals surface area contributed by atoms with E-state index in [1.165, 1.54) is 18.2 Å². The highest BCUT2D eigenvalue weighted by Crippen LogP contribution is 2.25. The van der Waals surface area contributed by atoms with Crippen molar-refractivity contribution in [3.63, 3.8) is 0 Å². The molecule has 1 saturated heterocycles. The number of carbonyl (C=O) groups is 2. The molecule has 1 amide bonds. The molecule has 2 rings (SSSR count). The number of hydrogen-bond donors (Lipinski definition) is 5. The molecule has 1 heterocycles. The summed E-state index contributed by atoms with van der Waals surface area (Å²) >= 11 is 0. The summed E-state index contributed by atoms with van der Waals surface area (Å²) in [5.74, 6) is -2.29. The number of aromatic hydroxyl groups is 2. The third-order valence-electron chi connectivity index (χ3n) is 3.54. The van der Waals surface area contributed by atoms with Crippen LogP contribution in [0.5, 0.6) is 11.5 Å². The van der Waals surface area contributed by atoms with Crippen molar-refractivity contribution in [2.45, 2.75) is 38.1 Å². The number of aliphatic carboxylic acids is 1. The Morgan fingerprint density at radius 1 is 1.39 bits per heavy atom. The van der Waals surface area contributed by atoms with Crippen LogP contribution < -0.4 is 10.6 Å². The lowest BCUT2D eigenvalue weighted by Gasteiger charge is -2.20. The molecule has 2 atom stereocenters. The highest BCUT2D eigenvalue weighted by Gasteiger charge is 2.36. The first-order chi connectivity index (χ1) is 10.7. The Morgan fingerprint density at radius 2 is 2.09 bits per heavy atom. The third kappa shape index (κ3) is 4.33. The summed E-state index contributed by atoms with van der Waals surface area (Å²) < 4.78 is 5.38. The van der Waals surface area contributed by atoms with Crippen LogP contribution in [0.2, 0.25) is 0 Å². The maximum Gasteiger partial charge on any atom is 0.326 e. The number of carboxylic acids is 1. The predicted octanol–water partition coefficient (Wildman–Crippen LogP) is -0.0658. The lowest BCUT2D eigenvalue weighted by molar-refractivity contribution is -0.142. The summed E-state index contributed by atoms with van der Waals surface area (Å²) in [6.45, 7) is 3.70. The number of rotatable bonds is 5. The number of phenolic OH excluding ortho intramolecular Hbond substituents is 2. The topological polar surface area (TPSA) is 128 Å². The summed E-state index contributed by atoms with van der Waals surface area (Å²) in [7, 11) is 0. The van der Waals surface area contributed by atoms with E-state index < -0.39 is 29.7 Å². The van der Waals surface area contributed by atoms with Crippen LogP contribution in [0.25, 0.3) is 0 Å². The number of ether oxygens (including phenoxy) is 1. The van der Waals surface area contributed by atoms with Gasteiger partial charge in [-0.15, -0.1) is 0 Å². The standard InChI is InChI=1S/C15H20N2O6/c1-15(2)17-10(7-23-15)13(20)16-9(14(21)22)5-8-3-4-11(18)12(19)6-8/h3-4,6,9-10,17-19H,5,7H2,1-2H3,(H,16,20)(H,21,22)/t9-,10-/m0/s1. The second-order valence-corrected chi connectivity index (χ2v) is 5.94. The van der Waals surface area contributed by atoms with Gasteiger partial charge in [-0.25, -0.2) is 4.79 Å². The molecule has 1 aromatic rings. The molecular formula is C15H20N2O6. The van der Waals surface area contributed by atoms with Gasteiger partial charge in [0.15, 0.2) is 11.5 Å². The summed E-state index contributed by atoms with van der Waals surface area (Å²) in [5.41, 5.74) is -0.160. The third-order valence-corrected chi connectivity index (χ3v) is 3.54. The van der Waals surface area contributed by atoms with Crippen LogP contribution in [0.15, 0.2) is 18.2 Å². The second kappa shape index (κ2) is 6.43. The highest BCUT2D eigenvalue weighted by atomic mass is 16.5. The Hall–Kier alpha value is -2.32. The average molecular weight is 324 g/mol. The van der Waals surface area contributed by atoms with Crippen molar-refractivity contribution in [3.05, 3.63) is 23.8 Å². The quantitative estimate of drug-likeness (QED) is 0.480. The van der Waals surface area contributed by atoms with E-state index in [9.17, 15) is 24.9 Å². The maximum atomic E-state index is 12.2. The Bertz CT molecular complexity index is 616. The fourth-order valence-corrected chi connectivity index (χ4v) is 2.34. The molecule has 1 fully saturated rings. The molecule has 0 aliphatic carbocycles. The number of benzene rings is 1. The van der Waals surface area contributed by atoms with Crippen LogP contribution in [0, 0.1) is 0 Å². The van der Waals surface area contributed by atoms with Crippen molar-refractivity contribution in [2.24, 2.45) is 0 Å². The van der Waals surface area contributed by atoms with Crippen molar-refractivity contribution in [2.75, 3.05) is 6.61 Å². The van der Waals surface area contributed by atoms with E-state index in [0.717, 1.165) is 0 Å². The molecular weight excluding hydrogens is 304 g/mol. The van der Waals surface area contributed by atoms with Crippen LogP contribution >= 0.6 is 0 Å². The predicted molar refractivity (Wildman–Crippen MR) is 80.0 cm³/mol. The Kier molecular flexibility index (Phi) is 4.76. The summed E-state index contributed by atoms with van der Waals surface area (Å²) in [5, 5.41) is 33.4. The molecule has 126 valence electrons. The summed E-state index contributed by atoms with van der Waals surface area (Å²) in [4.78, 5) is 23.5. The van der Waals surface area contributed by atoms with Gasteiger partial charge in [0.05, 0.1) is 6.61 Å². The van der Waals surface area contributed by atoms with E-state index in [4.69, 9.17) is 4.74 Å². The van der Waals surface area contributed by atoms with E-state index >= 15 is 0 Å². The second-order valence-electron chi connectivity index (χ2n) is 5.94. The van der Waals surface area contributed by atoms with Crippen molar-refractivity contribution >= 4 is 11.9 Å². The molecule has 0 saturated carbocycles. The van der Waals surface area contributed by atoms with Gasteiger partial charge in [-0.05, 0) is 31.5 Å². The molecule has 8 nitrogen and oxygen atoms in total. The molecule has 1 aromatic carbocycles. The van der Waals surface area contributed by atoms with Crippen LogP contribution in [0.3, 0.4) is 0 Å². The molecule has 0 bridgehead atoms. The van der Waals surface area contributed by atoms with Gasteiger partial charge in [0.2, 0.25) is 5.91 Å². The van der Waals surface area contributed by atoms with E-state index in [1.54, 1.807) is 13.8 Å². The molecule has 1 aliphatic rings. The molecule has 8 heteroatoms. The van der Waals surface area contributed by atoms with Gasteiger partial charge in [-0.2, -0.15) is 0 Å².